The number of phosphoric ester groups is 1. The van der Waals surface area contributed by atoms with Crippen molar-refractivity contribution in [3.63, 3.8) is 0 Å². The Morgan fingerprint density at radius 3 is 2.47 bits per heavy atom. The van der Waals surface area contributed by atoms with Gasteiger partial charge < -0.3 is 25.3 Å². The molecule has 4 aliphatic carbocycles. The minimum atomic E-state index is -4.25. The van der Waals surface area contributed by atoms with Crippen molar-refractivity contribution in [1.82, 2.24) is 0 Å². The SMILES string of the molecule is CC(C)(O)CC[C@H]1OP(=O)(O)OC1C1CC[C@@]2(O)C3=CC(=O)C4CC(O)C(O)CC4(C)C3CCC12C. The first-order chi connectivity index (χ1) is 16.5. The molecule has 0 bridgehead atoms. The lowest BCUT2D eigenvalue weighted by atomic mass is 9.46. The van der Waals surface area contributed by atoms with E-state index in [2.05, 4.69) is 0 Å². The highest BCUT2D eigenvalue weighted by Crippen LogP contribution is 2.69. The number of fused-ring (bicyclic) bond motifs is 5. The van der Waals surface area contributed by atoms with Gasteiger partial charge in [0.2, 0.25) is 0 Å². The molecule has 0 radical (unpaired) electrons. The van der Waals surface area contributed by atoms with Gasteiger partial charge in [-0.25, -0.2) is 4.57 Å². The molecule has 0 aromatic heterocycles. The van der Waals surface area contributed by atoms with Crippen LogP contribution in [0.1, 0.15) is 79.1 Å². The summed E-state index contributed by atoms with van der Waals surface area (Å²) in [7, 11) is -4.25. The van der Waals surface area contributed by atoms with Crippen molar-refractivity contribution in [2.24, 2.45) is 28.6 Å². The quantitative estimate of drug-likeness (QED) is 0.347. The zero-order valence-electron chi connectivity index (χ0n) is 21.6. The van der Waals surface area contributed by atoms with E-state index in [-0.39, 0.29) is 24.0 Å². The van der Waals surface area contributed by atoms with Crippen LogP contribution in [0.4, 0.5) is 0 Å². The first kappa shape index (κ1) is 26.9. The van der Waals surface area contributed by atoms with Crippen LogP contribution >= 0.6 is 7.82 Å². The first-order valence-corrected chi connectivity index (χ1v) is 14.8. The molecule has 9 unspecified atom stereocenters. The highest BCUT2D eigenvalue weighted by atomic mass is 31.2. The Hall–Kier alpha value is -0.640. The van der Waals surface area contributed by atoms with Crippen LogP contribution in [0.5, 0.6) is 0 Å². The molecule has 1 aliphatic heterocycles. The number of ketones is 1. The molecule has 5 N–H and O–H groups in total. The van der Waals surface area contributed by atoms with Gasteiger partial charge >= 0.3 is 7.82 Å². The van der Waals surface area contributed by atoms with Crippen molar-refractivity contribution in [2.75, 3.05) is 0 Å². The van der Waals surface area contributed by atoms with Crippen LogP contribution in [-0.4, -0.2) is 66.7 Å². The molecule has 1 heterocycles. The lowest BCUT2D eigenvalue weighted by Gasteiger charge is -2.60. The van der Waals surface area contributed by atoms with Gasteiger partial charge in [0, 0.05) is 11.3 Å². The Kier molecular flexibility index (Phi) is 6.31. The fraction of sp³-hybridized carbons (Fsp3) is 0.885. The number of phosphoric acid groups is 1. The van der Waals surface area contributed by atoms with Crippen molar-refractivity contribution in [1.29, 1.82) is 0 Å². The summed E-state index contributed by atoms with van der Waals surface area (Å²) in [5.41, 5.74) is -2.83. The zero-order valence-corrected chi connectivity index (χ0v) is 22.5. The van der Waals surface area contributed by atoms with Gasteiger partial charge in [-0.1, -0.05) is 13.8 Å². The second-order valence-corrected chi connectivity index (χ2v) is 14.5. The molecule has 5 aliphatic rings. The van der Waals surface area contributed by atoms with Crippen LogP contribution in [0.3, 0.4) is 0 Å². The van der Waals surface area contributed by atoms with Crippen molar-refractivity contribution in [3.05, 3.63) is 11.6 Å². The van der Waals surface area contributed by atoms with E-state index in [0.717, 1.165) is 0 Å². The third kappa shape index (κ3) is 4.01. The van der Waals surface area contributed by atoms with Gasteiger partial charge in [-0.2, -0.15) is 0 Å². The molecule has 3 saturated carbocycles. The van der Waals surface area contributed by atoms with Crippen LogP contribution in [0.25, 0.3) is 0 Å². The highest BCUT2D eigenvalue weighted by Gasteiger charge is 2.69. The molecule has 36 heavy (non-hydrogen) atoms. The topological polar surface area (TPSA) is 154 Å². The molecule has 5 rings (SSSR count). The molecule has 1 saturated heterocycles. The maximum absolute atomic E-state index is 13.3. The highest BCUT2D eigenvalue weighted by molar-refractivity contribution is 7.47. The van der Waals surface area contributed by atoms with Gasteiger partial charge in [0.05, 0.1) is 35.6 Å². The Bertz CT molecular complexity index is 1010. The molecule has 4 fully saturated rings. The molecule has 9 nitrogen and oxygen atoms in total. The standard InChI is InChI=1S/C26H41O9P/c1-23(2,30)8-7-21-22(35-36(32,33)34-21)15-6-10-26(31)16-11-18(27)17-12-19(28)20(29)13-24(17,3)14(16)5-9-25(15,26)4/h11,14-15,17,19-22,28-31H,5-10,12-13H2,1-4H3,(H,32,33)/t14?,15?,17?,19?,20?,21-,22?,24?,25?,26-/m1/s1. The van der Waals surface area contributed by atoms with E-state index >= 15 is 0 Å². The fourth-order valence-electron chi connectivity index (χ4n) is 8.46. The van der Waals surface area contributed by atoms with E-state index in [1.165, 1.54) is 0 Å². The van der Waals surface area contributed by atoms with Crippen molar-refractivity contribution in [3.8, 4) is 0 Å². The van der Waals surface area contributed by atoms with E-state index in [4.69, 9.17) is 9.05 Å². The normalized spacial score (nSPS) is 53.0. The molecule has 0 spiro atoms. The van der Waals surface area contributed by atoms with Gasteiger partial charge in [-0.15, -0.1) is 0 Å². The number of hydrogen-bond donors (Lipinski definition) is 5. The second kappa shape index (κ2) is 8.43. The van der Waals surface area contributed by atoms with E-state index in [9.17, 15) is 34.7 Å². The summed E-state index contributed by atoms with van der Waals surface area (Å²) in [5, 5.41) is 43.3. The largest absolute Gasteiger partial charge is 0.472 e. The molecule has 0 aromatic rings. The van der Waals surface area contributed by atoms with Gasteiger partial charge in [0.25, 0.3) is 0 Å². The molecule has 11 atom stereocenters. The fourth-order valence-corrected chi connectivity index (χ4v) is 9.67. The summed E-state index contributed by atoms with van der Waals surface area (Å²) in [6.45, 7) is 7.34. The van der Waals surface area contributed by atoms with Crippen LogP contribution in [0, 0.1) is 28.6 Å². The van der Waals surface area contributed by atoms with E-state index in [1.54, 1.807) is 19.9 Å². The predicted octanol–water partition coefficient (Wildman–Crippen LogP) is 2.63. The molecular weight excluding hydrogens is 487 g/mol. The van der Waals surface area contributed by atoms with Crippen LogP contribution in [-0.2, 0) is 18.4 Å². The average molecular weight is 529 g/mol. The minimum Gasteiger partial charge on any atom is -0.390 e. The Labute approximate surface area is 212 Å². The predicted molar refractivity (Wildman–Crippen MR) is 130 cm³/mol. The van der Waals surface area contributed by atoms with Gasteiger partial charge in [0.15, 0.2) is 5.78 Å². The second-order valence-electron chi connectivity index (χ2n) is 13.2. The smallest absolute Gasteiger partial charge is 0.390 e. The van der Waals surface area contributed by atoms with Gasteiger partial charge in [0.1, 0.15) is 0 Å². The lowest BCUT2D eigenvalue weighted by molar-refractivity contribution is -0.154. The summed E-state index contributed by atoms with van der Waals surface area (Å²) in [5.74, 6) is -0.888. The van der Waals surface area contributed by atoms with Crippen molar-refractivity contribution >= 4 is 13.6 Å². The Balaban J connectivity index is 1.47. The molecule has 0 aromatic carbocycles. The van der Waals surface area contributed by atoms with Crippen molar-refractivity contribution < 1.29 is 43.7 Å². The number of hydrogen-bond acceptors (Lipinski definition) is 8. The van der Waals surface area contributed by atoms with Gasteiger partial charge in [-0.3, -0.25) is 13.8 Å². The number of rotatable bonds is 4. The molecule has 10 heteroatoms. The summed E-state index contributed by atoms with van der Waals surface area (Å²) in [6.07, 6.45) is 1.84. The number of carbonyl (C=O) groups is 1. The van der Waals surface area contributed by atoms with Crippen LogP contribution in [0.15, 0.2) is 11.6 Å². The molecule has 204 valence electrons. The maximum Gasteiger partial charge on any atom is 0.472 e. The molecule has 0 amide bonds. The third-order valence-electron chi connectivity index (χ3n) is 10.5. The lowest BCUT2D eigenvalue weighted by Crippen LogP contribution is -2.61. The third-order valence-corrected chi connectivity index (χ3v) is 11.6. The van der Waals surface area contributed by atoms with Crippen LogP contribution in [0.2, 0.25) is 0 Å². The summed E-state index contributed by atoms with van der Waals surface area (Å²) in [4.78, 5) is 23.5. The number of aliphatic hydroxyl groups excluding tert-OH is 2. The number of allylic oxidation sites excluding steroid dienone is 1. The monoisotopic (exact) mass is 528 g/mol. The number of carbonyl (C=O) groups excluding carboxylic acids is 1. The van der Waals surface area contributed by atoms with E-state index < -0.39 is 60.2 Å². The van der Waals surface area contributed by atoms with Crippen molar-refractivity contribution in [2.45, 2.75) is 115 Å². The Morgan fingerprint density at radius 1 is 1.11 bits per heavy atom. The van der Waals surface area contributed by atoms with E-state index in [1.807, 2.05) is 13.8 Å². The molecular formula is C26H41O9P. The minimum absolute atomic E-state index is 0.102. The summed E-state index contributed by atoms with van der Waals surface area (Å²) >= 11 is 0. The van der Waals surface area contributed by atoms with E-state index in [0.29, 0.717) is 50.5 Å². The maximum atomic E-state index is 13.3. The first-order valence-electron chi connectivity index (χ1n) is 13.3. The van der Waals surface area contributed by atoms with Crippen LogP contribution < -0.4 is 0 Å². The number of aliphatic hydroxyl groups is 4. The van der Waals surface area contributed by atoms with Gasteiger partial charge in [-0.05, 0) is 94.1 Å². The summed E-state index contributed by atoms with van der Waals surface area (Å²) < 4.78 is 23.5. The average Bonchev–Trinajstić information content (AvgIpc) is 3.20. The summed E-state index contributed by atoms with van der Waals surface area (Å²) in [6, 6.07) is 0. The zero-order chi connectivity index (χ0) is 26.5. The Morgan fingerprint density at radius 2 is 1.81 bits per heavy atom.